The molecule has 8 N–H and O–H groups in total. The largest absolute Gasteiger partial charge is 2.00 e. The zero-order valence-corrected chi connectivity index (χ0v) is 16.7. The molecule has 0 saturated carbocycles. The van der Waals surface area contributed by atoms with Crippen molar-refractivity contribution in [3.63, 3.8) is 0 Å². The Hall–Kier alpha value is 0.219. The van der Waals surface area contributed by atoms with E-state index >= 15 is 0 Å². The molecule has 0 amide bonds. The first-order valence-electron chi connectivity index (χ1n) is 4.89. The van der Waals surface area contributed by atoms with Gasteiger partial charge in [0.25, 0.3) is 0 Å². The molecule has 0 spiro atoms. The van der Waals surface area contributed by atoms with Gasteiger partial charge in [-0.1, -0.05) is 69.6 Å². The van der Waals surface area contributed by atoms with E-state index < -0.39 is 0 Å². The van der Waals surface area contributed by atoms with Crippen molar-refractivity contribution in [2.75, 3.05) is 0 Å². The quantitative estimate of drug-likeness (QED) is 0.296. The first kappa shape index (κ1) is 28.0. The van der Waals surface area contributed by atoms with Crippen LogP contribution >= 0.6 is 69.6 Å². The number of phenolic OH excluding ortho intramolecular Hbond substituents is 2. The van der Waals surface area contributed by atoms with Crippen molar-refractivity contribution >= 4 is 69.6 Å². The molecule has 11 heteroatoms. The molecule has 0 bridgehead atoms. The summed E-state index contributed by atoms with van der Waals surface area (Å²) in [4.78, 5) is 0. The number of hydrogen-bond acceptors (Lipinski definition) is 4. The van der Waals surface area contributed by atoms with Crippen molar-refractivity contribution in [1.82, 2.24) is 12.3 Å². The molecule has 23 heavy (non-hydrogen) atoms. The van der Waals surface area contributed by atoms with Gasteiger partial charge in [0.05, 0.1) is 20.1 Å². The van der Waals surface area contributed by atoms with Gasteiger partial charge < -0.3 is 22.5 Å². The Balaban J connectivity index is -0.000000308. The summed E-state index contributed by atoms with van der Waals surface area (Å²) in [5.41, 5.74) is 0. The maximum atomic E-state index is 9.01. The van der Waals surface area contributed by atoms with E-state index in [9.17, 15) is 0 Å². The van der Waals surface area contributed by atoms with Gasteiger partial charge in [-0.05, 0) is 24.3 Å². The third-order valence-electron chi connectivity index (χ3n) is 1.96. The maximum Gasteiger partial charge on any atom is 2.00 e. The van der Waals surface area contributed by atoms with E-state index in [0.717, 1.165) is 0 Å². The smallest absolute Gasteiger partial charge is 0.505 e. The van der Waals surface area contributed by atoms with Gasteiger partial charge in [0.1, 0.15) is 0 Å². The van der Waals surface area contributed by atoms with Crippen molar-refractivity contribution in [3.8, 4) is 11.5 Å². The molecule has 0 fully saturated rings. The van der Waals surface area contributed by atoms with Crippen LogP contribution in [0.3, 0.4) is 0 Å². The van der Waals surface area contributed by atoms with Gasteiger partial charge in [-0.25, -0.2) is 0 Å². The van der Waals surface area contributed by atoms with E-state index in [2.05, 4.69) is 0 Å². The van der Waals surface area contributed by atoms with Crippen molar-refractivity contribution in [2.45, 2.75) is 0 Å². The molecular formula is C12H12Cl6CuN2O2+2. The molecule has 0 heterocycles. The fourth-order valence-electron chi connectivity index (χ4n) is 1.07. The van der Waals surface area contributed by atoms with Crippen LogP contribution in [0.25, 0.3) is 0 Å². The zero-order valence-electron chi connectivity index (χ0n) is 11.2. The predicted molar refractivity (Wildman–Crippen MR) is 96.3 cm³/mol. The van der Waals surface area contributed by atoms with Gasteiger partial charge in [-0.15, -0.1) is 0 Å². The Kier molecular flexibility index (Phi) is 15.3. The maximum absolute atomic E-state index is 9.01. The Morgan fingerprint density at radius 2 is 0.696 bits per heavy atom. The first-order chi connectivity index (χ1) is 9.22. The van der Waals surface area contributed by atoms with Crippen LogP contribution in [-0.2, 0) is 17.1 Å². The molecule has 0 unspecified atom stereocenters. The van der Waals surface area contributed by atoms with E-state index in [4.69, 9.17) is 79.8 Å². The normalized spacial score (nSPS) is 8.61. The molecule has 2 aromatic carbocycles. The van der Waals surface area contributed by atoms with Gasteiger partial charge >= 0.3 is 17.1 Å². The van der Waals surface area contributed by atoms with E-state index in [1.165, 1.54) is 24.3 Å². The number of aromatic hydroxyl groups is 2. The molecule has 0 aliphatic heterocycles. The minimum absolute atomic E-state index is 0. The second-order valence-corrected chi connectivity index (χ2v) is 5.94. The molecule has 0 aromatic heterocycles. The summed E-state index contributed by atoms with van der Waals surface area (Å²) >= 11 is 33.1. The number of halogens is 6. The average molecular weight is 493 g/mol. The summed E-state index contributed by atoms with van der Waals surface area (Å²) in [6, 6.07) is 5.68. The van der Waals surface area contributed by atoms with Crippen LogP contribution in [0.15, 0.2) is 24.3 Å². The van der Waals surface area contributed by atoms with Crippen molar-refractivity contribution < 1.29 is 27.3 Å². The molecule has 2 rings (SSSR count). The molecule has 1 radical (unpaired) electrons. The predicted octanol–water partition coefficient (Wildman–Crippen LogP) is 7.03. The standard InChI is InChI=1S/2C6H3Cl3O.Cu.2H3N/c2*7-3-1-4(8)6(10)5(9)2-3;;;/h2*1-2,10H;;2*1H3/q;;+2;;. The Morgan fingerprint density at radius 1 is 0.522 bits per heavy atom. The van der Waals surface area contributed by atoms with Crippen LogP contribution in [0.5, 0.6) is 11.5 Å². The SMILES string of the molecule is N.N.Oc1c(Cl)cc(Cl)cc1Cl.Oc1c(Cl)cc(Cl)cc1Cl.[Cu+2]. The number of hydrogen-bond donors (Lipinski definition) is 4. The number of benzene rings is 2. The van der Waals surface area contributed by atoms with Crippen LogP contribution in [0.4, 0.5) is 0 Å². The Labute approximate surface area is 174 Å². The van der Waals surface area contributed by atoms with Crippen LogP contribution in [-0.4, -0.2) is 10.2 Å². The van der Waals surface area contributed by atoms with E-state index in [1.54, 1.807) is 0 Å². The van der Waals surface area contributed by atoms with E-state index in [0.29, 0.717) is 10.0 Å². The molecule has 2 aromatic rings. The third kappa shape index (κ3) is 8.75. The van der Waals surface area contributed by atoms with Crippen LogP contribution in [0.2, 0.25) is 30.1 Å². The van der Waals surface area contributed by atoms with Gasteiger partial charge in [0.2, 0.25) is 0 Å². The molecule has 0 atom stereocenters. The fourth-order valence-corrected chi connectivity index (χ4v) is 2.70. The summed E-state index contributed by atoms with van der Waals surface area (Å²) in [6.07, 6.45) is 0. The Bertz CT molecular complexity index is 543. The van der Waals surface area contributed by atoms with E-state index in [1.807, 2.05) is 0 Å². The van der Waals surface area contributed by atoms with E-state index in [-0.39, 0.29) is 61.0 Å². The third-order valence-corrected chi connectivity index (χ3v) is 3.55. The van der Waals surface area contributed by atoms with Gasteiger partial charge in [0.15, 0.2) is 11.5 Å². The summed E-state index contributed by atoms with van der Waals surface area (Å²) in [5.74, 6) is -0.263. The van der Waals surface area contributed by atoms with Crippen LogP contribution < -0.4 is 12.3 Å². The van der Waals surface area contributed by atoms with Gasteiger partial charge in [-0.3, -0.25) is 0 Å². The fraction of sp³-hybridized carbons (Fsp3) is 0. The van der Waals surface area contributed by atoms with Crippen LogP contribution in [0.1, 0.15) is 0 Å². The summed E-state index contributed by atoms with van der Waals surface area (Å²) in [5, 5.41) is 19.5. The van der Waals surface area contributed by atoms with Crippen molar-refractivity contribution in [1.29, 1.82) is 0 Å². The second-order valence-electron chi connectivity index (χ2n) is 3.44. The van der Waals surface area contributed by atoms with Gasteiger partial charge in [0, 0.05) is 10.0 Å². The molecule has 4 nitrogen and oxygen atoms in total. The monoisotopic (exact) mass is 489 g/mol. The van der Waals surface area contributed by atoms with Gasteiger partial charge in [-0.2, -0.15) is 0 Å². The first-order valence-corrected chi connectivity index (χ1v) is 7.16. The number of rotatable bonds is 0. The summed E-state index contributed by atoms with van der Waals surface area (Å²) < 4.78 is 0. The minimum atomic E-state index is -0.132. The minimum Gasteiger partial charge on any atom is -0.505 e. The summed E-state index contributed by atoms with van der Waals surface area (Å²) in [7, 11) is 0. The molecular weight excluding hydrogens is 480 g/mol. The van der Waals surface area contributed by atoms with Crippen molar-refractivity contribution in [2.24, 2.45) is 0 Å². The molecule has 0 saturated heterocycles. The molecule has 0 aliphatic rings. The zero-order chi connectivity index (χ0) is 15.4. The number of phenols is 2. The molecule has 133 valence electrons. The molecule has 0 aliphatic carbocycles. The topological polar surface area (TPSA) is 110 Å². The second kappa shape index (κ2) is 12.6. The average Bonchev–Trinajstić information content (AvgIpc) is 2.33. The van der Waals surface area contributed by atoms with Crippen molar-refractivity contribution in [3.05, 3.63) is 54.4 Å². The Morgan fingerprint density at radius 3 is 0.870 bits per heavy atom. The summed E-state index contributed by atoms with van der Waals surface area (Å²) in [6.45, 7) is 0. The van der Waals surface area contributed by atoms with Crippen LogP contribution in [0, 0.1) is 0 Å².